The molecule has 0 aliphatic rings. The molecule has 3 nitrogen and oxygen atoms in total. The zero-order valence-corrected chi connectivity index (χ0v) is 12.6. The molecule has 0 radical (unpaired) electrons. The lowest BCUT2D eigenvalue weighted by molar-refractivity contribution is -0.174. The Kier molecular flexibility index (Phi) is 5.01. The first-order valence-electron chi connectivity index (χ1n) is 6.22. The Morgan fingerprint density at radius 1 is 1.38 bits per heavy atom. The Labute approximate surface area is 129 Å². The van der Waals surface area contributed by atoms with Gasteiger partial charge < -0.3 is 9.30 Å². The summed E-state index contributed by atoms with van der Waals surface area (Å²) in [7, 11) is 0. The zero-order chi connectivity index (χ0) is 15.6. The summed E-state index contributed by atoms with van der Waals surface area (Å²) in [5.74, 6) is 0.574. The highest BCUT2D eigenvalue weighted by atomic mass is 35.5. The number of benzene rings is 1. The Bertz CT molecular complexity index is 626. The van der Waals surface area contributed by atoms with E-state index in [1.54, 1.807) is 29.7 Å². The van der Waals surface area contributed by atoms with Gasteiger partial charge in [0.15, 0.2) is 0 Å². The molecule has 1 aromatic heterocycles. The van der Waals surface area contributed by atoms with E-state index in [9.17, 15) is 13.2 Å². The molecule has 8 heteroatoms. The largest absolute Gasteiger partial charge is 0.411 e. The van der Waals surface area contributed by atoms with Crippen molar-refractivity contribution in [2.75, 3.05) is 13.2 Å². The normalized spacial score (nSPS) is 13.8. The highest BCUT2D eigenvalue weighted by Gasteiger charge is 2.27. The summed E-state index contributed by atoms with van der Waals surface area (Å²) in [6, 6.07) is 5.14. The van der Waals surface area contributed by atoms with Crippen molar-refractivity contribution in [3.05, 3.63) is 29.0 Å². The predicted molar refractivity (Wildman–Crippen MR) is 75.9 cm³/mol. The molecule has 0 N–H and O–H groups in total. The average Bonchev–Trinajstić information content (AvgIpc) is 2.71. The third-order valence-corrected chi connectivity index (χ3v) is 3.25. The minimum Gasteiger partial charge on any atom is -0.370 e. The van der Waals surface area contributed by atoms with Crippen molar-refractivity contribution in [3.63, 3.8) is 0 Å². The topological polar surface area (TPSA) is 27.1 Å². The fraction of sp³-hybridized carbons (Fsp3) is 0.462. The Balaban J connectivity index is 2.19. The molecule has 0 fully saturated rings. The fourth-order valence-corrected chi connectivity index (χ4v) is 2.34. The second kappa shape index (κ2) is 6.42. The van der Waals surface area contributed by atoms with E-state index >= 15 is 0 Å². The van der Waals surface area contributed by atoms with Gasteiger partial charge in [0, 0.05) is 11.6 Å². The van der Waals surface area contributed by atoms with Crippen LogP contribution in [0.3, 0.4) is 0 Å². The van der Waals surface area contributed by atoms with E-state index < -0.39 is 12.8 Å². The van der Waals surface area contributed by atoms with Gasteiger partial charge in [-0.15, -0.1) is 11.6 Å². The van der Waals surface area contributed by atoms with Crippen LogP contribution in [-0.4, -0.2) is 28.9 Å². The maximum atomic E-state index is 12.0. The molecule has 21 heavy (non-hydrogen) atoms. The Morgan fingerprint density at radius 3 is 2.71 bits per heavy atom. The maximum absolute atomic E-state index is 12.0. The molecule has 0 amide bonds. The molecule has 0 aliphatic heterocycles. The third kappa shape index (κ3) is 4.25. The van der Waals surface area contributed by atoms with Crippen LogP contribution in [0.25, 0.3) is 11.0 Å². The summed E-state index contributed by atoms with van der Waals surface area (Å²) in [6.07, 6.45) is -4.33. The van der Waals surface area contributed by atoms with Crippen molar-refractivity contribution < 1.29 is 17.9 Å². The first-order valence-corrected chi connectivity index (χ1v) is 7.03. The lowest BCUT2D eigenvalue weighted by Crippen LogP contribution is -2.19. The van der Waals surface area contributed by atoms with E-state index in [-0.39, 0.29) is 18.5 Å². The first kappa shape index (κ1) is 16.4. The number of nitrogens with zero attached hydrogens (tertiary/aromatic N) is 2. The third-order valence-electron chi connectivity index (χ3n) is 2.82. The number of rotatable bonds is 5. The molecule has 0 aliphatic carbocycles. The van der Waals surface area contributed by atoms with Gasteiger partial charge in [-0.2, -0.15) is 13.2 Å². The molecule has 1 aromatic carbocycles. The molecule has 2 rings (SSSR count). The standard InChI is InChI=1S/C13H13Cl2F3N2O/c1-8(14)12-19-10-6-9(15)2-3-11(10)20(12)4-5-21-7-13(16,17)18/h2-3,6,8H,4-5,7H2,1H3. The minimum atomic E-state index is -4.33. The summed E-state index contributed by atoms with van der Waals surface area (Å²) in [5, 5.41) is 0.160. The van der Waals surface area contributed by atoms with Crippen molar-refractivity contribution in [1.29, 1.82) is 0 Å². The van der Waals surface area contributed by atoms with E-state index in [1.165, 1.54) is 0 Å². The second-order valence-corrected chi connectivity index (χ2v) is 5.63. The van der Waals surface area contributed by atoms with Crippen LogP contribution in [0.15, 0.2) is 18.2 Å². The molecule has 0 bridgehead atoms. The van der Waals surface area contributed by atoms with Gasteiger partial charge in [-0.3, -0.25) is 0 Å². The number of ether oxygens (including phenoxy) is 1. The van der Waals surface area contributed by atoms with Crippen LogP contribution < -0.4 is 0 Å². The van der Waals surface area contributed by atoms with E-state index in [4.69, 9.17) is 23.2 Å². The number of halogens is 5. The van der Waals surface area contributed by atoms with Crippen molar-refractivity contribution in [1.82, 2.24) is 9.55 Å². The van der Waals surface area contributed by atoms with Gasteiger partial charge >= 0.3 is 6.18 Å². The van der Waals surface area contributed by atoms with E-state index in [2.05, 4.69) is 9.72 Å². The van der Waals surface area contributed by atoms with Crippen LogP contribution in [0.1, 0.15) is 18.1 Å². The Hall–Kier alpha value is -0.980. The van der Waals surface area contributed by atoms with Gasteiger partial charge in [0.2, 0.25) is 0 Å². The molecule has 1 heterocycles. The molecule has 1 atom stereocenters. The van der Waals surface area contributed by atoms with Crippen molar-refractivity contribution in [2.24, 2.45) is 0 Å². The van der Waals surface area contributed by atoms with Crippen LogP contribution in [0.4, 0.5) is 13.2 Å². The van der Waals surface area contributed by atoms with Crippen molar-refractivity contribution >= 4 is 34.2 Å². The van der Waals surface area contributed by atoms with Crippen molar-refractivity contribution in [3.8, 4) is 0 Å². The number of hydrogen-bond acceptors (Lipinski definition) is 2. The van der Waals surface area contributed by atoms with Gasteiger partial charge in [0.25, 0.3) is 0 Å². The fourth-order valence-electron chi connectivity index (χ4n) is 2.00. The smallest absolute Gasteiger partial charge is 0.370 e. The number of fused-ring (bicyclic) bond motifs is 1. The first-order chi connectivity index (χ1) is 9.78. The highest BCUT2D eigenvalue weighted by molar-refractivity contribution is 6.31. The number of imidazole rings is 1. The maximum Gasteiger partial charge on any atom is 0.411 e. The highest BCUT2D eigenvalue weighted by Crippen LogP contribution is 2.26. The van der Waals surface area contributed by atoms with Crippen LogP contribution >= 0.6 is 23.2 Å². The van der Waals surface area contributed by atoms with Crippen LogP contribution in [-0.2, 0) is 11.3 Å². The second-order valence-electron chi connectivity index (χ2n) is 4.54. The molecule has 0 saturated carbocycles. The molecular weight excluding hydrogens is 328 g/mol. The summed E-state index contributed by atoms with van der Waals surface area (Å²) < 4.78 is 42.5. The lowest BCUT2D eigenvalue weighted by atomic mass is 10.3. The van der Waals surface area contributed by atoms with E-state index in [1.807, 2.05) is 0 Å². The van der Waals surface area contributed by atoms with Gasteiger partial charge in [-0.25, -0.2) is 4.98 Å². The summed E-state index contributed by atoms with van der Waals surface area (Å²) in [5.41, 5.74) is 1.42. The molecule has 0 spiro atoms. The SMILES string of the molecule is CC(Cl)c1nc2cc(Cl)ccc2n1CCOCC(F)(F)F. The molecule has 0 saturated heterocycles. The van der Waals surface area contributed by atoms with Crippen LogP contribution in [0.5, 0.6) is 0 Å². The lowest BCUT2D eigenvalue weighted by Gasteiger charge is -2.12. The van der Waals surface area contributed by atoms with Gasteiger partial charge in [-0.05, 0) is 25.1 Å². The monoisotopic (exact) mass is 340 g/mol. The van der Waals surface area contributed by atoms with E-state index in [0.717, 1.165) is 5.52 Å². The van der Waals surface area contributed by atoms with Crippen molar-refractivity contribution in [2.45, 2.75) is 25.0 Å². The van der Waals surface area contributed by atoms with Gasteiger partial charge in [0.05, 0.1) is 23.0 Å². The average molecular weight is 341 g/mol. The van der Waals surface area contributed by atoms with Crippen LogP contribution in [0.2, 0.25) is 5.02 Å². The summed E-state index contributed by atoms with van der Waals surface area (Å²) in [6.45, 7) is 0.638. The quantitative estimate of drug-likeness (QED) is 0.588. The number of hydrogen-bond donors (Lipinski definition) is 0. The minimum absolute atomic E-state index is 0.0792. The molecule has 1 unspecified atom stereocenters. The van der Waals surface area contributed by atoms with Gasteiger partial charge in [0.1, 0.15) is 12.4 Å². The van der Waals surface area contributed by atoms with Gasteiger partial charge in [-0.1, -0.05) is 11.6 Å². The number of alkyl halides is 4. The molecule has 2 aromatic rings. The zero-order valence-electron chi connectivity index (χ0n) is 11.1. The summed E-state index contributed by atoms with van der Waals surface area (Å²) >= 11 is 12.0. The summed E-state index contributed by atoms with van der Waals surface area (Å²) in [4.78, 5) is 4.37. The van der Waals surface area contributed by atoms with Crippen LogP contribution in [0, 0.1) is 0 Å². The van der Waals surface area contributed by atoms with E-state index in [0.29, 0.717) is 16.4 Å². The predicted octanol–water partition coefficient (Wildman–Crippen LogP) is 4.57. The Morgan fingerprint density at radius 2 is 2.10 bits per heavy atom. The molecule has 116 valence electrons. The number of aromatic nitrogens is 2. The molecular formula is C13H13Cl2F3N2O.